The van der Waals surface area contributed by atoms with Crippen LogP contribution >= 0.6 is 0 Å². The molecule has 1 N–H and O–H groups in total. The van der Waals surface area contributed by atoms with Crippen LogP contribution in [0.5, 0.6) is 0 Å². The molecule has 4 rings (SSSR count). The summed E-state index contributed by atoms with van der Waals surface area (Å²) in [6, 6.07) is 14.2. The second kappa shape index (κ2) is 8.79. The quantitative estimate of drug-likeness (QED) is 0.640. The van der Waals surface area contributed by atoms with Crippen molar-refractivity contribution in [3.05, 3.63) is 53.6 Å². The normalized spacial score (nSPS) is 17.1. The van der Waals surface area contributed by atoms with Crippen molar-refractivity contribution in [2.75, 3.05) is 32.1 Å². The molecule has 2 aromatic carbocycles. The van der Waals surface area contributed by atoms with E-state index in [0.717, 1.165) is 47.2 Å². The van der Waals surface area contributed by atoms with Crippen LogP contribution in [0, 0.1) is 6.92 Å². The molecule has 1 atom stereocenters. The SMILES string of the molecule is CCOC(=O)c1cc(C)ccc1-c1nnc(N[C@@H]2CCCN(C)C2)c2ccccc12. The minimum Gasteiger partial charge on any atom is -0.462 e. The molecule has 0 bridgehead atoms. The highest BCUT2D eigenvalue weighted by molar-refractivity contribution is 6.05. The fourth-order valence-corrected chi connectivity index (χ4v) is 4.13. The first-order valence-electron chi connectivity index (χ1n) is 10.6. The Kier molecular flexibility index (Phi) is 5.95. The van der Waals surface area contributed by atoms with Crippen LogP contribution in [0.1, 0.15) is 35.7 Å². The van der Waals surface area contributed by atoms with Crippen LogP contribution in [0.15, 0.2) is 42.5 Å². The number of likely N-dealkylation sites (tertiary alicyclic amines) is 1. The average molecular weight is 405 g/mol. The van der Waals surface area contributed by atoms with Crippen LogP contribution in [0.2, 0.25) is 0 Å². The lowest BCUT2D eigenvalue weighted by Crippen LogP contribution is -2.40. The van der Waals surface area contributed by atoms with Gasteiger partial charge in [0.05, 0.1) is 12.2 Å². The number of hydrogen-bond donors (Lipinski definition) is 1. The van der Waals surface area contributed by atoms with Crippen LogP contribution in [0.3, 0.4) is 0 Å². The summed E-state index contributed by atoms with van der Waals surface area (Å²) in [5, 5.41) is 14.7. The number of benzene rings is 2. The molecule has 0 amide bonds. The van der Waals surface area contributed by atoms with Crippen molar-refractivity contribution in [2.24, 2.45) is 0 Å². The number of esters is 1. The molecule has 3 aromatic rings. The van der Waals surface area contributed by atoms with E-state index in [-0.39, 0.29) is 5.97 Å². The molecule has 0 saturated carbocycles. The summed E-state index contributed by atoms with van der Waals surface area (Å²) >= 11 is 0. The van der Waals surface area contributed by atoms with Crippen LogP contribution in [-0.4, -0.2) is 53.9 Å². The van der Waals surface area contributed by atoms with Crippen molar-refractivity contribution in [3.8, 4) is 11.3 Å². The highest BCUT2D eigenvalue weighted by Crippen LogP contribution is 2.33. The first-order valence-corrected chi connectivity index (χ1v) is 10.6. The number of hydrogen-bond acceptors (Lipinski definition) is 6. The van der Waals surface area contributed by atoms with Gasteiger partial charge in [-0.3, -0.25) is 0 Å². The third-order valence-corrected chi connectivity index (χ3v) is 5.58. The van der Waals surface area contributed by atoms with Gasteiger partial charge in [-0.05, 0) is 46.3 Å². The molecule has 0 radical (unpaired) electrons. The predicted octanol–water partition coefficient (Wildman–Crippen LogP) is 4.29. The van der Waals surface area contributed by atoms with Crippen LogP contribution < -0.4 is 5.32 Å². The summed E-state index contributed by atoms with van der Waals surface area (Å²) in [4.78, 5) is 14.9. The van der Waals surface area contributed by atoms with Crippen molar-refractivity contribution in [1.82, 2.24) is 15.1 Å². The number of aryl methyl sites for hydroxylation is 1. The first-order chi connectivity index (χ1) is 14.6. The second-order valence-corrected chi connectivity index (χ2v) is 7.96. The third kappa shape index (κ3) is 4.14. The number of anilines is 1. The monoisotopic (exact) mass is 404 g/mol. The zero-order chi connectivity index (χ0) is 21.1. The number of rotatable bonds is 5. The van der Waals surface area contributed by atoms with E-state index in [2.05, 4.69) is 33.5 Å². The molecular weight excluding hydrogens is 376 g/mol. The fraction of sp³-hybridized carbons (Fsp3) is 0.375. The van der Waals surface area contributed by atoms with Gasteiger partial charge in [-0.2, -0.15) is 0 Å². The molecule has 6 heteroatoms. The molecular formula is C24H28N4O2. The number of likely N-dealkylation sites (N-methyl/N-ethyl adjacent to an activating group) is 1. The molecule has 30 heavy (non-hydrogen) atoms. The van der Waals surface area contributed by atoms with Crippen LogP contribution in [0.4, 0.5) is 5.82 Å². The standard InChI is InChI=1S/C24H28N4O2/c1-4-30-24(29)21-14-16(2)11-12-19(21)22-18-9-5-6-10-20(18)23(27-26-22)25-17-8-7-13-28(3)15-17/h5-6,9-12,14,17H,4,7-8,13,15H2,1-3H3,(H,25,27)/t17-/m1/s1. The average Bonchev–Trinajstić information content (AvgIpc) is 2.74. The van der Waals surface area contributed by atoms with Gasteiger partial charge in [-0.1, -0.05) is 42.0 Å². The van der Waals surface area contributed by atoms with Gasteiger partial charge in [0.2, 0.25) is 0 Å². The van der Waals surface area contributed by atoms with Crippen molar-refractivity contribution in [3.63, 3.8) is 0 Å². The minimum absolute atomic E-state index is 0.331. The van der Waals surface area contributed by atoms with E-state index in [1.54, 1.807) is 0 Å². The lowest BCUT2D eigenvalue weighted by Gasteiger charge is -2.30. The Bertz CT molecular complexity index is 1070. The summed E-state index contributed by atoms with van der Waals surface area (Å²) in [5.41, 5.74) is 2.95. The van der Waals surface area contributed by atoms with E-state index in [4.69, 9.17) is 4.74 Å². The van der Waals surface area contributed by atoms with E-state index in [9.17, 15) is 4.79 Å². The van der Waals surface area contributed by atoms with Gasteiger partial charge in [0.25, 0.3) is 0 Å². The minimum atomic E-state index is -0.338. The molecule has 2 heterocycles. The summed E-state index contributed by atoms with van der Waals surface area (Å²) in [6.45, 7) is 6.23. The Hall–Kier alpha value is -2.99. The number of nitrogens with zero attached hydrogens (tertiary/aromatic N) is 3. The Morgan fingerprint density at radius 3 is 2.77 bits per heavy atom. The van der Waals surface area contributed by atoms with Crippen LogP contribution in [-0.2, 0) is 4.74 Å². The number of carbonyl (C=O) groups excluding carboxylic acids is 1. The van der Waals surface area contributed by atoms with Crippen molar-refractivity contribution < 1.29 is 9.53 Å². The number of piperidine rings is 1. The number of fused-ring (bicyclic) bond motifs is 1. The molecule has 1 fully saturated rings. The smallest absolute Gasteiger partial charge is 0.338 e. The lowest BCUT2D eigenvalue weighted by atomic mass is 9.98. The van der Waals surface area contributed by atoms with Crippen molar-refractivity contribution >= 4 is 22.6 Å². The van der Waals surface area contributed by atoms with Gasteiger partial charge in [0.1, 0.15) is 5.69 Å². The second-order valence-electron chi connectivity index (χ2n) is 7.96. The van der Waals surface area contributed by atoms with Gasteiger partial charge >= 0.3 is 5.97 Å². The maximum absolute atomic E-state index is 12.6. The molecule has 0 unspecified atom stereocenters. The van der Waals surface area contributed by atoms with Crippen molar-refractivity contribution in [2.45, 2.75) is 32.7 Å². The Balaban J connectivity index is 1.78. The zero-order valence-electron chi connectivity index (χ0n) is 17.8. The number of aromatic nitrogens is 2. The Morgan fingerprint density at radius 2 is 2.00 bits per heavy atom. The fourth-order valence-electron chi connectivity index (χ4n) is 4.13. The van der Waals surface area contributed by atoms with E-state index in [1.807, 2.05) is 50.2 Å². The molecule has 6 nitrogen and oxygen atoms in total. The van der Waals surface area contributed by atoms with E-state index in [1.165, 1.54) is 6.42 Å². The van der Waals surface area contributed by atoms with Gasteiger partial charge in [-0.25, -0.2) is 4.79 Å². The number of nitrogens with one attached hydrogen (secondary N) is 1. The molecule has 1 aromatic heterocycles. The Labute approximate surface area is 177 Å². The Morgan fingerprint density at radius 1 is 1.20 bits per heavy atom. The highest BCUT2D eigenvalue weighted by Gasteiger charge is 2.21. The largest absolute Gasteiger partial charge is 0.462 e. The molecule has 1 aliphatic rings. The number of ether oxygens (including phenoxy) is 1. The van der Waals surface area contributed by atoms with Crippen LogP contribution in [0.25, 0.3) is 22.0 Å². The first kappa shape index (κ1) is 20.3. The number of carbonyl (C=O) groups is 1. The topological polar surface area (TPSA) is 67.3 Å². The molecule has 0 spiro atoms. The van der Waals surface area contributed by atoms with E-state index < -0.39 is 0 Å². The van der Waals surface area contributed by atoms with Crippen molar-refractivity contribution in [1.29, 1.82) is 0 Å². The highest BCUT2D eigenvalue weighted by atomic mass is 16.5. The summed E-state index contributed by atoms with van der Waals surface area (Å²) in [7, 11) is 2.15. The summed E-state index contributed by atoms with van der Waals surface area (Å²) in [5.74, 6) is 0.453. The lowest BCUT2D eigenvalue weighted by molar-refractivity contribution is 0.0527. The van der Waals surface area contributed by atoms with Gasteiger partial charge < -0.3 is 15.0 Å². The maximum atomic E-state index is 12.6. The summed E-state index contributed by atoms with van der Waals surface area (Å²) in [6.07, 6.45) is 2.29. The zero-order valence-corrected chi connectivity index (χ0v) is 17.8. The maximum Gasteiger partial charge on any atom is 0.338 e. The molecule has 156 valence electrons. The molecule has 1 aliphatic heterocycles. The molecule has 0 aliphatic carbocycles. The van der Waals surface area contributed by atoms with E-state index in [0.29, 0.717) is 23.9 Å². The molecule has 1 saturated heterocycles. The van der Waals surface area contributed by atoms with E-state index >= 15 is 0 Å². The van der Waals surface area contributed by atoms with Gasteiger partial charge in [0, 0.05) is 28.9 Å². The predicted molar refractivity (Wildman–Crippen MR) is 120 cm³/mol. The van der Waals surface area contributed by atoms with Gasteiger partial charge in [0.15, 0.2) is 5.82 Å². The third-order valence-electron chi connectivity index (χ3n) is 5.58. The summed E-state index contributed by atoms with van der Waals surface area (Å²) < 4.78 is 5.29. The van der Waals surface area contributed by atoms with Gasteiger partial charge in [-0.15, -0.1) is 10.2 Å².